The van der Waals surface area contributed by atoms with E-state index in [-0.39, 0.29) is 22.9 Å². The van der Waals surface area contributed by atoms with Gasteiger partial charge in [0.15, 0.2) is 6.29 Å². The number of nitroso groups, excluding NO2 is 1. The predicted octanol–water partition coefficient (Wildman–Crippen LogP) is 2.79. The topological polar surface area (TPSA) is 66.7 Å². The zero-order valence-electron chi connectivity index (χ0n) is 8.36. The average molecular weight is 205 g/mol. The van der Waals surface area contributed by atoms with Crippen molar-refractivity contribution in [3.8, 4) is 5.75 Å². The zero-order chi connectivity index (χ0) is 11.0. The summed E-state index contributed by atoms with van der Waals surface area (Å²) >= 11 is 0. The van der Waals surface area contributed by atoms with Crippen LogP contribution < -0.4 is 0 Å². The second kappa shape index (κ2) is 3.46. The molecule has 15 heavy (non-hydrogen) atoms. The summed E-state index contributed by atoms with van der Waals surface area (Å²) in [6.07, 6.45) is 2.56. The molecule has 1 aromatic carbocycles. The van der Waals surface area contributed by atoms with Gasteiger partial charge in [-0.25, -0.2) is 0 Å². The molecule has 0 aromatic heterocycles. The number of hydrogen-bond acceptors (Lipinski definition) is 4. The van der Waals surface area contributed by atoms with E-state index in [0.717, 1.165) is 12.8 Å². The second-order valence-electron chi connectivity index (χ2n) is 3.86. The highest BCUT2D eigenvalue weighted by molar-refractivity contribution is 5.85. The van der Waals surface area contributed by atoms with E-state index in [0.29, 0.717) is 17.4 Å². The SMILES string of the molecule is Cc1c(N=O)cc(C2CC2)c(O)c1C=O. The van der Waals surface area contributed by atoms with Gasteiger partial charge in [-0.2, -0.15) is 0 Å². The molecule has 0 atom stereocenters. The zero-order valence-corrected chi connectivity index (χ0v) is 8.36. The molecule has 0 bridgehead atoms. The molecule has 1 N–H and O–H groups in total. The first-order valence-electron chi connectivity index (χ1n) is 4.84. The van der Waals surface area contributed by atoms with Gasteiger partial charge < -0.3 is 5.11 Å². The van der Waals surface area contributed by atoms with E-state index < -0.39 is 0 Å². The van der Waals surface area contributed by atoms with Gasteiger partial charge >= 0.3 is 0 Å². The van der Waals surface area contributed by atoms with Crippen LogP contribution in [-0.4, -0.2) is 11.4 Å². The highest BCUT2D eigenvalue weighted by Crippen LogP contribution is 2.47. The fraction of sp³-hybridized carbons (Fsp3) is 0.364. The smallest absolute Gasteiger partial charge is 0.154 e. The molecule has 4 nitrogen and oxygen atoms in total. The quantitative estimate of drug-likeness (QED) is 0.609. The number of benzene rings is 1. The lowest BCUT2D eigenvalue weighted by Gasteiger charge is -2.09. The summed E-state index contributed by atoms with van der Waals surface area (Å²) in [7, 11) is 0. The fourth-order valence-electron chi connectivity index (χ4n) is 1.74. The van der Waals surface area contributed by atoms with Crippen molar-refractivity contribution in [3.05, 3.63) is 27.7 Å². The summed E-state index contributed by atoms with van der Waals surface area (Å²) in [6.45, 7) is 1.61. The molecule has 1 fully saturated rings. The summed E-state index contributed by atoms with van der Waals surface area (Å²) in [5, 5.41) is 12.7. The summed E-state index contributed by atoms with van der Waals surface area (Å²) in [6, 6.07) is 1.59. The Bertz CT molecular complexity index is 436. The number of rotatable bonds is 3. The molecule has 0 radical (unpaired) electrons. The molecule has 78 valence electrons. The fourth-order valence-corrected chi connectivity index (χ4v) is 1.74. The summed E-state index contributed by atoms with van der Waals surface area (Å²) < 4.78 is 0. The minimum atomic E-state index is 0.0115. The Kier molecular flexibility index (Phi) is 2.26. The summed E-state index contributed by atoms with van der Waals surface area (Å²) in [5.74, 6) is 0.294. The highest BCUT2D eigenvalue weighted by atomic mass is 16.3. The van der Waals surface area contributed by atoms with Gasteiger partial charge in [0.25, 0.3) is 0 Å². The average Bonchev–Trinajstić information content (AvgIpc) is 3.03. The first-order chi connectivity index (χ1) is 7.19. The van der Waals surface area contributed by atoms with Gasteiger partial charge in [0.2, 0.25) is 0 Å². The van der Waals surface area contributed by atoms with Gasteiger partial charge in [-0.15, -0.1) is 4.91 Å². The standard InChI is InChI=1S/C11H11NO3/c1-6-9(5-13)11(14)8(7-2-3-7)4-10(6)12-15/h4-5,7,14H,2-3H2,1H3. The monoisotopic (exact) mass is 205 g/mol. The van der Waals surface area contributed by atoms with E-state index in [2.05, 4.69) is 5.18 Å². The Hall–Kier alpha value is -1.71. The van der Waals surface area contributed by atoms with Crippen LogP contribution in [0.1, 0.15) is 40.2 Å². The molecule has 0 saturated heterocycles. The lowest BCUT2D eigenvalue weighted by Crippen LogP contribution is -1.93. The third kappa shape index (κ3) is 1.52. The second-order valence-corrected chi connectivity index (χ2v) is 3.86. The van der Waals surface area contributed by atoms with Crippen molar-refractivity contribution in [1.29, 1.82) is 0 Å². The van der Waals surface area contributed by atoms with Crippen LogP contribution in [0.2, 0.25) is 0 Å². The number of aldehydes is 1. The molecule has 1 aromatic rings. The first-order valence-corrected chi connectivity index (χ1v) is 4.84. The molecular weight excluding hydrogens is 194 g/mol. The molecule has 4 heteroatoms. The predicted molar refractivity (Wildman–Crippen MR) is 55.7 cm³/mol. The van der Waals surface area contributed by atoms with Crippen LogP contribution in [0.3, 0.4) is 0 Å². The molecule has 0 aliphatic heterocycles. The van der Waals surface area contributed by atoms with Crippen molar-refractivity contribution in [2.45, 2.75) is 25.7 Å². The van der Waals surface area contributed by atoms with Crippen LogP contribution in [0.5, 0.6) is 5.75 Å². The number of nitrogens with zero attached hydrogens (tertiary/aromatic N) is 1. The Morgan fingerprint density at radius 2 is 2.20 bits per heavy atom. The van der Waals surface area contributed by atoms with Crippen molar-refractivity contribution in [1.82, 2.24) is 0 Å². The third-order valence-electron chi connectivity index (χ3n) is 2.84. The van der Waals surface area contributed by atoms with Gasteiger partial charge in [0.1, 0.15) is 11.4 Å². The Morgan fingerprint density at radius 3 is 2.67 bits per heavy atom. The maximum absolute atomic E-state index is 10.8. The summed E-state index contributed by atoms with van der Waals surface area (Å²) in [5.41, 5.74) is 1.56. The van der Waals surface area contributed by atoms with Crippen molar-refractivity contribution < 1.29 is 9.90 Å². The van der Waals surface area contributed by atoms with E-state index in [9.17, 15) is 14.8 Å². The van der Waals surface area contributed by atoms with E-state index >= 15 is 0 Å². The van der Waals surface area contributed by atoms with Crippen molar-refractivity contribution in [2.24, 2.45) is 5.18 Å². The van der Waals surface area contributed by atoms with E-state index in [1.165, 1.54) is 0 Å². The third-order valence-corrected chi connectivity index (χ3v) is 2.84. The number of phenols is 1. The van der Waals surface area contributed by atoms with Crippen LogP contribution >= 0.6 is 0 Å². The summed E-state index contributed by atoms with van der Waals surface area (Å²) in [4.78, 5) is 21.4. The van der Waals surface area contributed by atoms with E-state index in [4.69, 9.17) is 0 Å². The maximum atomic E-state index is 10.8. The normalized spacial score (nSPS) is 15.0. The Morgan fingerprint density at radius 1 is 1.53 bits per heavy atom. The minimum Gasteiger partial charge on any atom is -0.507 e. The first kappa shape index (κ1) is 9.83. The Balaban J connectivity index is 2.66. The molecule has 1 saturated carbocycles. The van der Waals surface area contributed by atoms with E-state index in [1.807, 2.05) is 0 Å². The maximum Gasteiger partial charge on any atom is 0.154 e. The van der Waals surface area contributed by atoms with Crippen molar-refractivity contribution in [3.63, 3.8) is 0 Å². The lowest BCUT2D eigenvalue weighted by molar-refractivity contribution is 0.112. The molecule has 1 aliphatic carbocycles. The molecule has 1 aliphatic rings. The van der Waals surface area contributed by atoms with Crippen molar-refractivity contribution in [2.75, 3.05) is 0 Å². The number of carbonyl (C=O) groups is 1. The number of hydrogen-bond donors (Lipinski definition) is 1. The molecule has 2 rings (SSSR count). The minimum absolute atomic E-state index is 0.0115. The molecular formula is C11H11NO3. The lowest BCUT2D eigenvalue weighted by atomic mass is 9.99. The van der Waals surface area contributed by atoms with Gasteiger partial charge in [0.05, 0.1) is 5.56 Å². The van der Waals surface area contributed by atoms with Gasteiger partial charge in [-0.1, -0.05) is 0 Å². The molecule has 0 heterocycles. The Labute approximate surface area is 86.9 Å². The number of aromatic hydroxyl groups is 1. The van der Waals surface area contributed by atoms with Crippen LogP contribution in [0, 0.1) is 11.8 Å². The highest BCUT2D eigenvalue weighted by Gasteiger charge is 2.29. The number of carbonyl (C=O) groups excluding carboxylic acids is 1. The molecule has 0 amide bonds. The van der Waals surface area contributed by atoms with E-state index in [1.54, 1.807) is 13.0 Å². The van der Waals surface area contributed by atoms with Gasteiger partial charge in [0, 0.05) is 0 Å². The van der Waals surface area contributed by atoms with Crippen LogP contribution in [0.15, 0.2) is 11.2 Å². The molecule has 0 spiro atoms. The van der Waals surface area contributed by atoms with Gasteiger partial charge in [-0.05, 0) is 48.1 Å². The largest absolute Gasteiger partial charge is 0.507 e. The van der Waals surface area contributed by atoms with Crippen LogP contribution in [0.25, 0.3) is 0 Å². The van der Waals surface area contributed by atoms with Crippen LogP contribution in [-0.2, 0) is 0 Å². The van der Waals surface area contributed by atoms with Gasteiger partial charge in [-0.3, -0.25) is 4.79 Å². The van der Waals surface area contributed by atoms with Crippen LogP contribution in [0.4, 0.5) is 5.69 Å². The van der Waals surface area contributed by atoms with Crippen molar-refractivity contribution >= 4 is 12.0 Å². The number of phenolic OH excluding ortho intramolecular Hbond substituents is 1. The molecule has 0 unspecified atom stereocenters.